The first kappa shape index (κ1) is 11.8. The third kappa shape index (κ3) is 2.31. The zero-order chi connectivity index (χ0) is 13.2. The molecule has 2 aromatic rings. The van der Waals surface area contributed by atoms with Crippen LogP contribution < -0.4 is 16.0 Å². The van der Waals surface area contributed by atoms with Crippen LogP contribution in [0, 0.1) is 0 Å². The Hall–Kier alpha value is -2.30. The topological polar surface area (TPSA) is 71.2 Å². The molecule has 0 bridgehead atoms. The number of hydrogen-bond acceptors (Lipinski definition) is 4. The maximum absolute atomic E-state index is 11.4. The Morgan fingerprint density at radius 2 is 2.16 bits per heavy atom. The van der Waals surface area contributed by atoms with E-state index in [1.54, 1.807) is 6.20 Å². The van der Waals surface area contributed by atoms with Crippen LogP contribution in [0.15, 0.2) is 30.5 Å². The molecule has 0 radical (unpaired) electrons. The summed E-state index contributed by atoms with van der Waals surface area (Å²) in [5.74, 6) is 0.116. The van der Waals surface area contributed by atoms with Gasteiger partial charge in [-0.3, -0.25) is 9.78 Å². The van der Waals surface area contributed by atoms with Crippen LogP contribution in [0.2, 0.25) is 0 Å². The first-order valence-electron chi connectivity index (χ1n) is 6.40. The first-order chi connectivity index (χ1) is 9.24. The number of aromatic nitrogens is 1. The van der Waals surface area contributed by atoms with Crippen LogP contribution in [0.4, 0.5) is 11.4 Å². The SMILES string of the molecule is Nc1ccc2c(N3CCNC(=O)CC3)ccnc2c1. The van der Waals surface area contributed by atoms with Gasteiger partial charge in [0.25, 0.3) is 0 Å². The molecule has 3 rings (SSSR count). The zero-order valence-electron chi connectivity index (χ0n) is 10.6. The number of rotatable bonds is 1. The van der Waals surface area contributed by atoms with Crippen LogP contribution in [0.25, 0.3) is 10.9 Å². The lowest BCUT2D eigenvalue weighted by molar-refractivity contribution is -0.120. The maximum Gasteiger partial charge on any atom is 0.221 e. The summed E-state index contributed by atoms with van der Waals surface area (Å²) in [6, 6.07) is 7.75. The standard InChI is InChI=1S/C14H16N4O/c15-10-1-2-11-12(9-10)16-5-3-13(11)18-7-4-14(19)17-6-8-18/h1-3,5,9H,4,6-8,15H2,(H,17,19). The Morgan fingerprint density at radius 1 is 1.26 bits per heavy atom. The second kappa shape index (κ2) is 4.76. The molecule has 0 unspecified atom stereocenters. The molecule has 1 aromatic heterocycles. The number of fused-ring (bicyclic) bond motifs is 1. The monoisotopic (exact) mass is 256 g/mol. The van der Waals surface area contributed by atoms with Crippen molar-refractivity contribution in [3.05, 3.63) is 30.5 Å². The highest BCUT2D eigenvalue weighted by atomic mass is 16.1. The van der Waals surface area contributed by atoms with Crippen molar-refractivity contribution in [3.63, 3.8) is 0 Å². The summed E-state index contributed by atoms with van der Waals surface area (Å²) in [7, 11) is 0. The third-order valence-corrected chi connectivity index (χ3v) is 3.40. The fraction of sp³-hybridized carbons (Fsp3) is 0.286. The molecule has 2 heterocycles. The molecular weight excluding hydrogens is 240 g/mol. The summed E-state index contributed by atoms with van der Waals surface area (Å²) < 4.78 is 0. The average Bonchev–Trinajstić information content (AvgIpc) is 2.62. The lowest BCUT2D eigenvalue weighted by Crippen LogP contribution is -2.28. The number of nitrogen functional groups attached to an aromatic ring is 1. The summed E-state index contributed by atoms with van der Waals surface area (Å²) in [5.41, 5.74) is 8.50. The highest BCUT2D eigenvalue weighted by Crippen LogP contribution is 2.27. The van der Waals surface area contributed by atoms with Crippen LogP contribution in [-0.2, 0) is 4.79 Å². The van der Waals surface area contributed by atoms with Crippen molar-refractivity contribution in [2.45, 2.75) is 6.42 Å². The van der Waals surface area contributed by atoms with E-state index in [0.717, 1.165) is 29.7 Å². The molecule has 0 saturated carbocycles. The van der Waals surface area contributed by atoms with Gasteiger partial charge in [-0.25, -0.2) is 0 Å². The van der Waals surface area contributed by atoms with E-state index >= 15 is 0 Å². The largest absolute Gasteiger partial charge is 0.399 e. The Balaban J connectivity index is 2.02. The number of nitrogens with zero attached hydrogens (tertiary/aromatic N) is 2. The van der Waals surface area contributed by atoms with E-state index in [1.807, 2.05) is 24.3 Å². The van der Waals surface area contributed by atoms with Gasteiger partial charge in [-0.1, -0.05) is 0 Å². The van der Waals surface area contributed by atoms with Gasteiger partial charge in [0.15, 0.2) is 0 Å². The number of carbonyl (C=O) groups is 1. The summed E-state index contributed by atoms with van der Waals surface area (Å²) in [5, 5.41) is 3.96. The highest BCUT2D eigenvalue weighted by Gasteiger charge is 2.15. The van der Waals surface area contributed by atoms with E-state index in [0.29, 0.717) is 18.7 Å². The second-order valence-corrected chi connectivity index (χ2v) is 4.69. The molecule has 98 valence electrons. The number of nitrogens with two attached hydrogens (primary N) is 1. The van der Waals surface area contributed by atoms with Crippen LogP contribution >= 0.6 is 0 Å². The van der Waals surface area contributed by atoms with Gasteiger partial charge < -0.3 is 16.0 Å². The number of amides is 1. The van der Waals surface area contributed by atoms with Crippen molar-refractivity contribution in [1.29, 1.82) is 0 Å². The number of carbonyl (C=O) groups excluding carboxylic acids is 1. The van der Waals surface area contributed by atoms with Gasteiger partial charge in [0.1, 0.15) is 0 Å². The normalized spacial score (nSPS) is 16.2. The molecule has 1 aliphatic rings. The second-order valence-electron chi connectivity index (χ2n) is 4.69. The van der Waals surface area contributed by atoms with E-state index in [-0.39, 0.29) is 5.91 Å². The molecular formula is C14H16N4O. The number of benzene rings is 1. The maximum atomic E-state index is 11.4. The Labute approximate surface area is 111 Å². The number of nitrogens with one attached hydrogen (secondary N) is 1. The van der Waals surface area contributed by atoms with Crippen molar-refractivity contribution in [1.82, 2.24) is 10.3 Å². The van der Waals surface area contributed by atoms with Gasteiger partial charge in [0.05, 0.1) is 5.52 Å². The molecule has 0 atom stereocenters. The quantitative estimate of drug-likeness (QED) is 0.751. The predicted molar refractivity (Wildman–Crippen MR) is 76.0 cm³/mol. The summed E-state index contributed by atoms with van der Waals surface area (Å²) >= 11 is 0. The molecule has 3 N–H and O–H groups in total. The lowest BCUT2D eigenvalue weighted by atomic mass is 10.1. The van der Waals surface area contributed by atoms with E-state index in [4.69, 9.17) is 5.73 Å². The van der Waals surface area contributed by atoms with E-state index < -0.39 is 0 Å². The van der Waals surface area contributed by atoms with Crippen molar-refractivity contribution in [2.75, 3.05) is 30.3 Å². The van der Waals surface area contributed by atoms with Crippen molar-refractivity contribution >= 4 is 28.2 Å². The molecule has 1 amide bonds. The minimum atomic E-state index is 0.116. The van der Waals surface area contributed by atoms with Crippen molar-refractivity contribution in [3.8, 4) is 0 Å². The van der Waals surface area contributed by atoms with Gasteiger partial charge in [0.2, 0.25) is 5.91 Å². The molecule has 5 nitrogen and oxygen atoms in total. The lowest BCUT2D eigenvalue weighted by Gasteiger charge is -2.23. The van der Waals surface area contributed by atoms with Crippen LogP contribution in [0.1, 0.15) is 6.42 Å². The van der Waals surface area contributed by atoms with Gasteiger partial charge in [-0.15, -0.1) is 0 Å². The molecule has 1 saturated heterocycles. The predicted octanol–water partition coefficient (Wildman–Crippen LogP) is 1.14. The molecule has 19 heavy (non-hydrogen) atoms. The fourth-order valence-electron chi connectivity index (χ4n) is 2.43. The van der Waals surface area contributed by atoms with Crippen LogP contribution in [-0.4, -0.2) is 30.5 Å². The summed E-state index contributed by atoms with van der Waals surface area (Å²) in [6.45, 7) is 2.22. The molecule has 1 fully saturated rings. The van der Waals surface area contributed by atoms with Crippen LogP contribution in [0.5, 0.6) is 0 Å². The number of pyridine rings is 1. The molecule has 0 aliphatic carbocycles. The molecule has 0 spiro atoms. The molecule has 1 aromatic carbocycles. The average molecular weight is 256 g/mol. The van der Waals surface area contributed by atoms with Gasteiger partial charge in [-0.05, 0) is 24.3 Å². The highest BCUT2D eigenvalue weighted by molar-refractivity contribution is 5.93. The third-order valence-electron chi connectivity index (χ3n) is 3.40. The first-order valence-corrected chi connectivity index (χ1v) is 6.40. The van der Waals surface area contributed by atoms with E-state index in [9.17, 15) is 4.79 Å². The molecule has 5 heteroatoms. The van der Waals surface area contributed by atoms with Crippen molar-refractivity contribution in [2.24, 2.45) is 0 Å². The molecule has 1 aliphatic heterocycles. The minimum Gasteiger partial charge on any atom is -0.399 e. The smallest absolute Gasteiger partial charge is 0.221 e. The van der Waals surface area contributed by atoms with Gasteiger partial charge >= 0.3 is 0 Å². The zero-order valence-corrected chi connectivity index (χ0v) is 10.6. The van der Waals surface area contributed by atoms with Gasteiger partial charge in [-0.2, -0.15) is 0 Å². The van der Waals surface area contributed by atoms with Crippen molar-refractivity contribution < 1.29 is 4.79 Å². The number of anilines is 2. The Morgan fingerprint density at radius 3 is 3.05 bits per heavy atom. The van der Waals surface area contributed by atoms with Crippen LogP contribution in [0.3, 0.4) is 0 Å². The van der Waals surface area contributed by atoms with E-state index in [1.165, 1.54) is 0 Å². The Kier molecular flexibility index (Phi) is 2.95. The number of hydrogen-bond donors (Lipinski definition) is 2. The summed E-state index contributed by atoms with van der Waals surface area (Å²) in [6.07, 6.45) is 2.32. The fourth-order valence-corrected chi connectivity index (χ4v) is 2.43. The minimum absolute atomic E-state index is 0.116. The Bertz CT molecular complexity index is 626. The van der Waals surface area contributed by atoms with E-state index in [2.05, 4.69) is 15.2 Å². The van der Waals surface area contributed by atoms with Gasteiger partial charge in [0, 0.05) is 49.0 Å². The summed E-state index contributed by atoms with van der Waals surface area (Å²) in [4.78, 5) is 18.0.